The summed E-state index contributed by atoms with van der Waals surface area (Å²) in [4.78, 5) is 25.5. The summed E-state index contributed by atoms with van der Waals surface area (Å²) in [6.45, 7) is 3.70. The van der Waals surface area contributed by atoms with Crippen LogP contribution in [0.5, 0.6) is 5.75 Å². The van der Waals surface area contributed by atoms with Crippen LogP contribution in [-0.2, 0) is 4.74 Å². The Morgan fingerprint density at radius 3 is 2.64 bits per heavy atom. The minimum atomic E-state index is -0.483. The Balaban J connectivity index is 1.96. The number of carbonyl (C=O) groups is 2. The van der Waals surface area contributed by atoms with Gasteiger partial charge in [-0.25, -0.2) is 4.79 Å². The van der Waals surface area contributed by atoms with Crippen molar-refractivity contribution in [3.05, 3.63) is 46.0 Å². The number of methoxy groups -OCH3 is 2. The quantitative estimate of drug-likeness (QED) is 0.708. The fraction of sp³-hybridized carbons (Fsp3) is 0.222. The summed E-state index contributed by atoms with van der Waals surface area (Å²) >= 11 is 1.32. The number of furan rings is 1. The number of esters is 1. The second kappa shape index (κ2) is 6.60. The minimum absolute atomic E-state index is 0.138. The number of thiophene rings is 1. The van der Waals surface area contributed by atoms with Gasteiger partial charge in [0.25, 0.3) is 5.91 Å². The normalized spacial score (nSPS) is 10.7. The molecule has 25 heavy (non-hydrogen) atoms. The van der Waals surface area contributed by atoms with Crippen molar-refractivity contribution in [3.63, 3.8) is 0 Å². The van der Waals surface area contributed by atoms with E-state index in [1.807, 2.05) is 26.0 Å². The Morgan fingerprint density at radius 2 is 1.96 bits per heavy atom. The zero-order chi connectivity index (χ0) is 18.1. The summed E-state index contributed by atoms with van der Waals surface area (Å²) in [5.41, 5.74) is 1.66. The molecule has 130 valence electrons. The first-order valence-corrected chi connectivity index (χ1v) is 8.34. The summed E-state index contributed by atoms with van der Waals surface area (Å²) in [6.07, 6.45) is 0. The van der Waals surface area contributed by atoms with Gasteiger partial charge in [0, 0.05) is 10.3 Å². The van der Waals surface area contributed by atoms with Crippen LogP contribution in [0.4, 0.5) is 5.00 Å². The lowest BCUT2D eigenvalue weighted by atomic mass is 10.1. The number of anilines is 1. The van der Waals surface area contributed by atoms with Crippen molar-refractivity contribution in [1.29, 1.82) is 0 Å². The molecule has 3 rings (SSSR count). The van der Waals surface area contributed by atoms with E-state index in [2.05, 4.69) is 5.32 Å². The molecule has 0 saturated carbocycles. The number of amides is 1. The SMILES string of the molecule is COC(=O)c1c(NC(=O)c2cc3cccc(OC)c3o2)sc(C)c1C. The maximum absolute atomic E-state index is 12.6. The zero-order valence-electron chi connectivity index (χ0n) is 14.3. The number of benzene rings is 1. The molecule has 0 saturated heterocycles. The number of aryl methyl sites for hydroxylation is 1. The molecule has 2 heterocycles. The molecule has 1 amide bonds. The van der Waals surface area contributed by atoms with Gasteiger partial charge >= 0.3 is 5.97 Å². The highest BCUT2D eigenvalue weighted by atomic mass is 32.1. The molecule has 7 heteroatoms. The summed E-state index contributed by atoms with van der Waals surface area (Å²) in [5, 5.41) is 3.95. The molecule has 0 unspecified atom stereocenters. The standard InChI is InChI=1S/C18H17NO5S/c1-9-10(2)25-17(14(9)18(21)23-4)19-16(20)13-8-11-6-5-7-12(22-3)15(11)24-13/h5-8H,1-4H3,(H,19,20). The molecular formula is C18H17NO5S. The monoisotopic (exact) mass is 359 g/mol. The van der Waals surface area contributed by atoms with Gasteiger partial charge in [-0.15, -0.1) is 11.3 Å². The Bertz CT molecular complexity index is 969. The highest BCUT2D eigenvalue weighted by molar-refractivity contribution is 7.16. The number of fused-ring (bicyclic) bond motifs is 1. The van der Waals surface area contributed by atoms with Crippen molar-refractivity contribution < 1.29 is 23.5 Å². The zero-order valence-corrected chi connectivity index (χ0v) is 15.1. The first-order valence-electron chi connectivity index (χ1n) is 7.52. The van der Waals surface area contributed by atoms with Crippen LogP contribution >= 0.6 is 11.3 Å². The smallest absolute Gasteiger partial charge is 0.341 e. The van der Waals surface area contributed by atoms with Crippen LogP contribution in [0.2, 0.25) is 0 Å². The topological polar surface area (TPSA) is 77.8 Å². The van der Waals surface area contributed by atoms with Crippen LogP contribution in [0, 0.1) is 13.8 Å². The van der Waals surface area contributed by atoms with Crippen molar-refractivity contribution in [1.82, 2.24) is 0 Å². The van der Waals surface area contributed by atoms with E-state index in [1.54, 1.807) is 12.1 Å². The molecule has 2 aromatic heterocycles. The van der Waals surface area contributed by atoms with Crippen LogP contribution in [-0.4, -0.2) is 26.1 Å². The third-order valence-corrected chi connectivity index (χ3v) is 5.08. The van der Waals surface area contributed by atoms with Gasteiger partial charge in [-0.1, -0.05) is 12.1 Å². The van der Waals surface area contributed by atoms with E-state index in [0.29, 0.717) is 21.9 Å². The van der Waals surface area contributed by atoms with E-state index < -0.39 is 11.9 Å². The molecule has 0 atom stereocenters. The second-order valence-corrected chi connectivity index (χ2v) is 6.65. The Morgan fingerprint density at radius 1 is 1.20 bits per heavy atom. The maximum atomic E-state index is 12.6. The van der Waals surface area contributed by atoms with Gasteiger partial charge in [0.2, 0.25) is 0 Å². The molecule has 1 aromatic carbocycles. The van der Waals surface area contributed by atoms with Gasteiger partial charge < -0.3 is 19.2 Å². The molecule has 0 aliphatic carbocycles. The molecule has 0 fully saturated rings. The Kier molecular flexibility index (Phi) is 4.50. The minimum Gasteiger partial charge on any atom is -0.493 e. The van der Waals surface area contributed by atoms with Crippen molar-refractivity contribution in [2.45, 2.75) is 13.8 Å². The number of carbonyl (C=O) groups excluding carboxylic acids is 2. The first kappa shape index (κ1) is 17.0. The molecular weight excluding hydrogens is 342 g/mol. The van der Waals surface area contributed by atoms with Crippen molar-refractivity contribution in [3.8, 4) is 5.75 Å². The average molecular weight is 359 g/mol. The lowest BCUT2D eigenvalue weighted by Crippen LogP contribution is -2.13. The second-order valence-electron chi connectivity index (χ2n) is 5.42. The number of nitrogens with one attached hydrogen (secondary N) is 1. The van der Waals surface area contributed by atoms with Crippen LogP contribution in [0.15, 0.2) is 28.7 Å². The van der Waals surface area contributed by atoms with Crippen LogP contribution in [0.25, 0.3) is 11.0 Å². The lowest BCUT2D eigenvalue weighted by molar-refractivity contribution is 0.0601. The van der Waals surface area contributed by atoms with Gasteiger partial charge in [0.1, 0.15) is 5.00 Å². The van der Waals surface area contributed by atoms with Crippen LogP contribution in [0.1, 0.15) is 31.4 Å². The number of ether oxygens (including phenoxy) is 2. The molecule has 0 aliphatic rings. The van der Waals surface area contributed by atoms with Crippen molar-refractivity contribution >= 4 is 39.2 Å². The first-order chi connectivity index (χ1) is 12.0. The van der Waals surface area contributed by atoms with Gasteiger partial charge in [0.05, 0.1) is 19.8 Å². The molecule has 6 nitrogen and oxygen atoms in total. The largest absolute Gasteiger partial charge is 0.493 e. The van der Waals surface area contributed by atoms with Gasteiger partial charge in [0.15, 0.2) is 17.1 Å². The lowest BCUT2D eigenvalue weighted by Gasteiger charge is -2.04. The molecule has 1 N–H and O–H groups in total. The van der Waals surface area contributed by atoms with Crippen LogP contribution < -0.4 is 10.1 Å². The molecule has 0 bridgehead atoms. The van der Waals surface area contributed by atoms with E-state index in [4.69, 9.17) is 13.9 Å². The number of rotatable bonds is 4. The third kappa shape index (κ3) is 2.98. The molecule has 0 spiro atoms. The predicted octanol–water partition coefficient (Wildman–Crippen LogP) is 4.16. The predicted molar refractivity (Wildman–Crippen MR) is 95.9 cm³/mol. The summed E-state index contributed by atoms with van der Waals surface area (Å²) < 4.78 is 15.7. The maximum Gasteiger partial charge on any atom is 0.341 e. The fourth-order valence-electron chi connectivity index (χ4n) is 2.54. The molecule has 0 aliphatic heterocycles. The fourth-order valence-corrected chi connectivity index (χ4v) is 3.58. The summed E-state index contributed by atoms with van der Waals surface area (Å²) in [7, 11) is 2.85. The average Bonchev–Trinajstić information content (AvgIpc) is 3.16. The van der Waals surface area contributed by atoms with E-state index in [1.165, 1.54) is 25.6 Å². The Hall–Kier alpha value is -2.80. The van der Waals surface area contributed by atoms with Crippen molar-refractivity contribution in [2.75, 3.05) is 19.5 Å². The number of para-hydroxylation sites is 1. The summed E-state index contributed by atoms with van der Waals surface area (Å²) in [5.74, 6) is -0.235. The van der Waals surface area contributed by atoms with E-state index in [9.17, 15) is 9.59 Å². The molecule has 3 aromatic rings. The summed E-state index contributed by atoms with van der Waals surface area (Å²) in [6, 6.07) is 7.05. The third-order valence-electron chi connectivity index (χ3n) is 3.95. The van der Waals surface area contributed by atoms with Gasteiger partial charge in [-0.2, -0.15) is 0 Å². The highest BCUT2D eigenvalue weighted by Gasteiger charge is 2.23. The van der Waals surface area contributed by atoms with E-state index >= 15 is 0 Å². The number of hydrogen-bond acceptors (Lipinski definition) is 6. The number of hydrogen-bond donors (Lipinski definition) is 1. The Labute approximate surface area is 148 Å². The van der Waals surface area contributed by atoms with Gasteiger partial charge in [-0.3, -0.25) is 4.79 Å². The van der Waals surface area contributed by atoms with Crippen molar-refractivity contribution in [2.24, 2.45) is 0 Å². The highest BCUT2D eigenvalue weighted by Crippen LogP contribution is 2.34. The van der Waals surface area contributed by atoms with Crippen LogP contribution in [0.3, 0.4) is 0 Å². The van der Waals surface area contributed by atoms with Gasteiger partial charge in [-0.05, 0) is 31.5 Å². The van der Waals surface area contributed by atoms with E-state index in [0.717, 1.165) is 15.8 Å². The van der Waals surface area contributed by atoms with E-state index in [-0.39, 0.29) is 5.76 Å². The molecule has 0 radical (unpaired) electrons.